The molecule has 0 N–H and O–H groups in total. The molecule has 0 aliphatic rings. The molecule has 28 aromatic rings. The quantitative estimate of drug-likeness (QED) is 0.107. The zero-order valence-corrected chi connectivity index (χ0v) is 74.0. The lowest BCUT2D eigenvalue weighted by Crippen LogP contribution is -2.06. The summed E-state index contributed by atoms with van der Waals surface area (Å²) in [4.78, 5) is 45.4. The van der Waals surface area contributed by atoms with E-state index >= 15 is 0 Å². The van der Waals surface area contributed by atoms with Crippen LogP contribution in [0.3, 0.4) is 0 Å². The van der Waals surface area contributed by atoms with E-state index in [2.05, 4.69) is 305 Å². The Morgan fingerprint density at radius 3 is 0.812 bits per heavy atom. The van der Waals surface area contributed by atoms with Crippen LogP contribution in [0.15, 0.2) is 474 Å². The van der Waals surface area contributed by atoms with Gasteiger partial charge in [0.1, 0.15) is 33.5 Å². The predicted octanol–water partition coefficient (Wildman–Crippen LogP) is 31.3. The Labute approximate surface area is 789 Å². The Bertz CT molecular complexity index is 9440. The highest BCUT2D eigenvalue weighted by atomic mass is 16.3. The zero-order valence-electron chi connectivity index (χ0n) is 74.0. The van der Waals surface area contributed by atoms with Crippen LogP contribution in [0.25, 0.3) is 262 Å². The summed E-state index contributed by atoms with van der Waals surface area (Å²) >= 11 is 0. The molecule has 138 heavy (non-hydrogen) atoms. The minimum atomic E-state index is 0.554. The maximum Gasteiger partial charge on any atom is 0.238 e. The largest absolute Gasteiger partial charge is 0.456 e. The van der Waals surface area contributed by atoms with E-state index in [0.717, 1.165) is 160 Å². The maximum atomic E-state index is 6.27. The molecule has 9 aromatic heterocycles. The molecule has 15 heteroatoms. The van der Waals surface area contributed by atoms with E-state index in [1.165, 1.54) is 49.4 Å². The predicted molar refractivity (Wildman–Crippen MR) is 559 cm³/mol. The minimum absolute atomic E-state index is 0.554. The van der Waals surface area contributed by atoms with Gasteiger partial charge >= 0.3 is 0 Å². The molecule has 0 aliphatic carbocycles. The Morgan fingerprint density at radius 1 is 0.145 bits per heavy atom. The number of nitrogens with zero attached hydrogens (tertiary/aromatic N) is 12. The first-order valence-electron chi connectivity index (χ1n) is 45.9. The van der Waals surface area contributed by atoms with Crippen molar-refractivity contribution in [2.45, 2.75) is 0 Å². The monoisotopic (exact) mass is 1770 g/mol. The van der Waals surface area contributed by atoms with Crippen LogP contribution in [0, 0.1) is 0 Å². The third kappa shape index (κ3) is 14.3. The normalized spacial score (nSPS) is 11.6. The molecule has 0 aliphatic heterocycles. The summed E-state index contributed by atoms with van der Waals surface area (Å²) in [5.74, 6) is 5.34. The van der Waals surface area contributed by atoms with Gasteiger partial charge in [-0.1, -0.05) is 334 Å². The van der Waals surface area contributed by atoms with Crippen molar-refractivity contribution in [2.75, 3.05) is 0 Å². The number of para-hydroxylation sites is 6. The first kappa shape index (κ1) is 79.9. The van der Waals surface area contributed by atoms with Gasteiger partial charge in [0.2, 0.25) is 11.9 Å². The third-order valence-electron chi connectivity index (χ3n) is 26.0. The van der Waals surface area contributed by atoms with Crippen LogP contribution in [0.4, 0.5) is 0 Å². The first-order chi connectivity index (χ1) is 68.4. The SMILES string of the molecule is c1ccc(-c2ccc3c(c2)c2cc(-c4ccccc4)ccc2n3-c2nc(-c3ccccc3)nc(-c3ccc4c(c3)oc3ccccc34)n2)cc1.c1ccc(-c2nc(-c3ccc(-n4c5ccccc5c5ccccc54)cc3)nc(-c3ccc4c(c3)oc3ccccc34)n2)cc1.c1ccc(-c2nc(-c3ccc4c(c3)oc3ccccc34)nc(-n3c4ccccc4c4c(-c5ccccc5)cccc43)n2)cc1. The van der Waals surface area contributed by atoms with Gasteiger partial charge in [-0.25, -0.2) is 24.9 Å². The lowest BCUT2D eigenvalue weighted by atomic mass is 9.99. The van der Waals surface area contributed by atoms with Crippen molar-refractivity contribution >= 4 is 131 Å². The van der Waals surface area contributed by atoms with Crippen LogP contribution >= 0.6 is 0 Å². The molecule has 9 heterocycles. The second kappa shape index (κ2) is 33.7. The summed E-state index contributed by atoms with van der Waals surface area (Å²) in [6.07, 6.45) is 0. The molecule has 0 spiro atoms. The van der Waals surface area contributed by atoms with E-state index in [4.69, 9.17) is 58.1 Å². The lowest BCUT2D eigenvalue weighted by Gasteiger charge is -2.11. The molecular weight excluding hydrogens is 1690 g/mol. The van der Waals surface area contributed by atoms with Crippen LogP contribution in [0.2, 0.25) is 0 Å². The Balaban J connectivity index is 0.000000107. The summed E-state index contributed by atoms with van der Waals surface area (Å²) in [5, 5.41) is 13.5. The lowest BCUT2D eigenvalue weighted by molar-refractivity contribution is 0.668. The summed E-state index contributed by atoms with van der Waals surface area (Å²) in [7, 11) is 0. The number of benzene rings is 19. The average Bonchev–Trinajstić information content (AvgIpc) is 1.60. The van der Waals surface area contributed by atoms with E-state index in [0.29, 0.717) is 52.7 Å². The van der Waals surface area contributed by atoms with Gasteiger partial charge in [0.05, 0.1) is 33.1 Å². The van der Waals surface area contributed by atoms with Gasteiger partial charge in [-0.05, 0) is 161 Å². The van der Waals surface area contributed by atoms with Crippen molar-refractivity contribution in [1.82, 2.24) is 58.6 Å². The maximum absolute atomic E-state index is 6.27. The molecule has 0 bridgehead atoms. The first-order valence-corrected chi connectivity index (χ1v) is 45.9. The van der Waals surface area contributed by atoms with Crippen LogP contribution in [-0.2, 0) is 0 Å². The standard InChI is InChI=1S/C45H28N4O.2C39H24N4O/c1-4-12-29(13-5-1)32-21-24-39-37(26-32)38-27-33(30-14-6-2-7-15-30)22-25-40(38)49(39)45-47-43(31-16-8-3-9-17-31)46-44(48-45)34-20-23-36-35-18-10-11-19-41(35)50-42(36)28-34;1-3-12-25(13-4-1)28-18-11-20-33-36(28)31-17-7-9-19-32(31)43(33)39-41-37(26-14-5-2-6-15-26)40-38(42-39)27-22-23-30-29-16-8-10-21-34(29)44-35(30)24-27;1-2-10-25(11-3-1)37-40-38(42-39(41-37)27-20-23-32-31-14-6-9-17-35(31)44-36(32)24-27)26-18-21-28(22-19-26)43-33-15-7-4-12-29(33)30-13-5-8-16-34(30)43/h1-28H;2*1-24H. The van der Waals surface area contributed by atoms with Crippen LogP contribution < -0.4 is 0 Å². The molecule has 15 nitrogen and oxygen atoms in total. The summed E-state index contributed by atoms with van der Waals surface area (Å²) in [6, 6.07) is 158. The Hall–Kier alpha value is -19.0. The van der Waals surface area contributed by atoms with Crippen molar-refractivity contribution in [2.24, 2.45) is 0 Å². The molecule has 0 amide bonds. The van der Waals surface area contributed by atoms with Crippen molar-refractivity contribution < 1.29 is 13.3 Å². The zero-order chi connectivity index (χ0) is 91.1. The van der Waals surface area contributed by atoms with E-state index in [1.807, 2.05) is 170 Å². The van der Waals surface area contributed by atoms with Gasteiger partial charge in [0.15, 0.2) is 40.8 Å². The fourth-order valence-electron chi connectivity index (χ4n) is 19.5. The molecule has 646 valence electrons. The van der Waals surface area contributed by atoms with E-state index in [9.17, 15) is 0 Å². The number of hydrogen-bond acceptors (Lipinski definition) is 12. The summed E-state index contributed by atoms with van der Waals surface area (Å²) < 4.78 is 25.3. The second-order valence-corrected chi connectivity index (χ2v) is 34.3. The summed E-state index contributed by atoms with van der Waals surface area (Å²) in [6.45, 7) is 0. The van der Waals surface area contributed by atoms with Crippen molar-refractivity contribution in [3.63, 3.8) is 0 Å². The number of hydrogen-bond donors (Lipinski definition) is 0. The van der Waals surface area contributed by atoms with E-state index in [-0.39, 0.29) is 0 Å². The highest BCUT2D eigenvalue weighted by Crippen LogP contribution is 2.44. The van der Waals surface area contributed by atoms with Gasteiger partial charge in [0, 0.05) is 109 Å². The molecule has 0 fully saturated rings. The molecule has 28 rings (SSSR count). The highest BCUT2D eigenvalue weighted by molar-refractivity contribution is 6.17. The minimum Gasteiger partial charge on any atom is -0.456 e. The molecule has 0 unspecified atom stereocenters. The number of furan rings is 3. The van der Waals surface area contributed by atoms with Crippen molar-refractivity contribution in [1.29, 1.82) is 0 Å². The Morgan fingerprint density at radius 2 is 0.413 bits per heavy atom. The number of rotatable bonds is 13. The van der Waals surface area contributed by atoms with E-state index < -0.39 is 0 Å². The molecular formula is C123H76N12O3. The highest BCUT2D eigenvalue weighted by Gasteiger charge is 2.26. The van der Waals surface area contributed by atoms with Crippen molar-refractivity contribution in [3.05, 3.63) is 461 Å². The Kier molecular flexibility index (Phi) is 19.5. The number of aromatic nitrogens is 12. The number of fused-ring (bicyclic) bond motifs is 18. The molecule has 19 aromatic carbocycles. The smallest absolute Gasteiger partial charge is 0.238 e. The van der Waals surface area contributed by atoms with Gasteiger partial charge in [-0.2, -0.15) is 19.9 Å². The summed E-state index contributed by atoms with van der Waals surface area (Å²) in [5.41, 5.74) is 25.8. The van der Waals surface area contributed by atoms with Gasteiger partial charge in [0.25, 0.3) is 0 Å². The second-order valence-electron chi connectivity index (χ2n) is 34.3. The molecule has 0 saturated heterocycles. The topological polar surface area (TPSA) is 170 Å². The fraction of sp³-hybridized carbons (Fsp3) is 0. The third-order valence-corrected chi connectivity index (χ3v) is 26.0. The van der Waals surface area contributed by atoms with Crippen molar-refractivity contribution in [3.8, 4) is 131 Å². The van der Waals surface area contributed by atoms with Crippen LogP contribution in [0.5, 0.6) is 0 Å². The molecule has 0 radical (unpaired) electrons. The van der Waals surface area contributed by atoms with Gasteiger partial charge in [-0.15, -0.1) is 0 Å². The van der Waals surface area contributed by atoms with Gasteiger partial charge < -0.3 is 17.8 Å². The fourth-order valence-corrected chi connectivity index (χ4v) is 19.5. The van der Waals surface area contributed by atoms with Gasteiger partial charge in [-0.3, -0.25) is 9.13 Å². The average molecular weight is 1770 g/mol. The van der Waals surface area contributed by atoms with Crippen LogP contribution in [-0.4, -0.2) is 58.6 Å². The molecule has 0 saturated carbocycles. The van der Waals surface area contributed by atoms with Crippen LogP contribution in [0.1, 0.15) is 0 Å². The van der Waals surface area contributed by atoms with E-state index in [1.54, 1.807) is 0 Å². The molecule has 0 atom stereocenters.